The quantitative estimate of drug-likeness (QED) is 0.503. The molecule has 0 saturated heterocycles. The van der Waals surface area contributed by atoms with Gasteiger partial charge in [-0.1, -0.05) is 45.1 Å². The van der Waals surface area contributed by atoms with Crippen LogP contribution in [0, 0.1) is 0 Å². The molecule has 1 amide bonds. The fraction of sp³-hybridized carbons (Fsp3) is 0.533. The van der Waals surface area contributed by atoms with Crippen LogP contribution in [0.25, 0.3) is 0 Å². The molecule has 1 aromatic rings. The molecule has 1 N–H and O–H groups in total. The Kier molecular flexibility index (Phi) is 7.69. The summed E-state index contributed by atoms with van der Waals surface area (Å²) in [6.45, 7) is 2.97. The van der Waals surface area contributed by atoms with Gasteiger partial charge in [-0.15, -0.1) is 0 Å². The van der Waals surface area contributed by atoms with Gasteiger partial charge in [0.25, 0.3) is 0 Å². The van der Waals surface area contributed by atoms with Gasteiger partial charge >= 0.3 is 0 Å². The van der Waals surface area contributed by atoms with E-state index in [1.54, 1.807) is 0 Å². The average Bonchev–Trinajstić information content (AvgIpc) is 2.39. The van der Waals surface area contributed by atoms with E-state index in [1.165, 1.54) is 32.1 Å². The first-order valence-electron chi connectivity index (χ1n) is 6.80. The fourth-order valence-electron chi connectivity index (χ4n) is 1.82. The van der Waals surface area contributed by atoms with Crippen molar-refractivity contribution in [3.8, 4) is 5.75 Å². The SMILES string of the molecule is CCCCCCCCOc1cccc(NC=O)c1. The Morgan fingerprint density at radius 1 is 1.17 bits per heavy atom. The summed E-state index contributed by atoms with van der Waals surface area (Å²) in [6, 6.07) is 7.47. The third-order valence-corrected chi connectivity index (χ3v) is 2.83. The maximum atomic E-state index is 10.3. The van der Waals surface area contributed by atoms with Crippen LogP contribution in [0.1, 0.15) is 45.4 Å². The third kappa shape index (κ3) is 6.28. The minimum atomic E-state index is 0.673. The highest BCUT2D eigenvalue weighted by Crippen LogP contribution is 2.17. The standard InChI is InChI=1S/C15H23NO2/c1-2-3-4-5-6-7-11-18-15-10-8-9-14(12-15)16-13-17/h8-10,12-13H,2-7,11H2,1H3,(H,16,17). The van der Waals surface area contributed by atoms with Gasteiger partial charge in [0.1, 0.15) is 5.75 Å². The Balaban J connectivity index is 2.14. The van der Waals surface area contributed by atoms with Crippen LogP contribution in [0.2, 0.25) is 0 Å². The molecule has 0 bridgehead atoms. The summed E-state index contributed by atoms with van der Waals surface area (Å²) in [5, 5.41) is 2.61. The molecule has 0 fully saturated rings. The summed E-state index contributed by atoms with van der Waals surface area (Å²) in [7, 11) is 0. The molecule has 1 aromatic carbocycles. The number of carbonyl (C=O) groups is 1. The molecule has 3 heteroatoms. The van der Waals surface area contributed by atoms with Crippen molar-refractivity contribution in [2.75, 3.05) is 11.9 Å². The second-order valence-electron chi connectivity index (χ2n) is 4.41. The number of hydrogen-bond donors (Lipinski definition) is 1. The molecule has 3 nitrogen and oxygen atoms in total. The van der Waals surface area contributed by atoms with Crippen molar-refractivity contribution < 1.29 is 9.53 Å². The van der Waals surface area contributed by atoms with Crippen LogP contribution >= 0.6 is 0 Å². The van der Waals surface area contributed by atoms with Crippen LogP contribution in [0.5, 0.6) is 5.75 Å². The Labute approximate surface area is 110 Å². The van der Waals surface area contributed by atoms with E-state index in [-0.39, 0.29) is 0 Å². The predicted octanol–water partition coefficient (Wildman–Crippen LogP) is 3.99. The van der Waals surface area contributed by atoms with E-state index in [0.29, 0.717) is 6.41 Å². The van der Waals surface area contributed by atoms with Crippen molar-refractivity contribution in [2.45, 2.75) is 45.4 Å². The van der Waals surface area contributed by atoms with E-state index >= 15 is 0 Å². The van der Waals surface area contributed by atoms with E-state index in [2.05, 4.69) is 12.2 Å². The zero-order valence-electron chi connectivity index (χ0n) is 11.2. The first-order valence-corrected chi connectivity index (χ1v) is 6.80. The van der Waals surface area contributed by atoms with Crippen molar-refractivity contribution in [2.24, 2.45) is 0 Å². The predicted molar refractivity (Wildman–Crippen MR) is 75.0 cm³/mol. The highest BCUT2D eigenvalue weighted by molar-refractivity contribution is 5.71. The Hall–Kier alpha value is -1.51. The van der Waals surface area contributed by atoms with Crippen molar-refractivity contribution >= 4 is 12.1 Å². The molecule has 100 valence electrons. The van der Waals surface area contributed by atoms with Gasteiger partial charge in [0.05, 0.1) is 6.61 Å². The van der Waals surface area contributed by atoms with Gasteiger partial charge in [0.2, 0.25) is 6.41 Å². The minimum absolute atomic E-state index is 0.673. The molecule has 18 heavy (non-hydrogen) atoms. The van der Waals surface area contributed by atoms with Gasteiger partial charge < -0.3 is 10.1 Å². The highest BCUT2D eigenvalue weighted by atomic mass is 16.5. The Bertz CT molecular complexity index is 339. The van der Waals surface area contributed by atoms with Gasteiger partial charge in [-0.05, 0) is 18.6 Å². The first kappa shape index (κ1) is 14.6. The summed E-state index contributed by atoms with van der Waals surface area (Å²) in [6.07, 6.45) is 8.24. The minimum Gasteiger partial charge on any atom is -0.494 e. The Morgan fingerprint density at radius 2 is 1.94 bits per heavy atom. The van der Waals surface area contributed by atoms with Crippen LogP contribution in [0.4, 0.5) is 5.69 Å². The van der Waals surface area contributed by atoms with Crippen LogP contribution < -0.4 is 10.1 Å². The maximum absolute atomic E-state index is 10.3. The largest absolute Gasteiger partial charge is 0.494 e. The number of carbonyl (C=O) groups excluding carboxylic acids is 1. The summed E-state index contributed by atoms with van der Waals surface area (Å²) in [4.78, 5) is 10.3. The van der Waals surface area contributed by atoms with E-state index < -0.39 is 0 Å². The lowest BCUT2D eigenvalue weighted by molar-refractivity contribution is -0.105. The number of hydrogen-bond acceptors (Lipinski definition) is 2. The molecule has 0 radical (unpaired) electrons. The molecule has 0 aliphatic rings. The van der Waals surface area contributed by atoms with E-state index in [0.717, 1.165) is 24.5 Å². The number of amides is 1. The lowest BCUT2D eigenvalue weighted by Gasteiger charge is -2.07. The second kappa shape index (κ2) is 9.51. The third-order valence-electron chi connectivity index (χ3n) is 2.83. The Morgan fingerprint density at radius 3 is 2.72 bits per heavy atom. The van der Waals surface area contributed by atoms with Gasteiger partial charge in [-0.2, -0.15) is 0 Å². The molecule has 0 spiro atoms. The van der Waals surface area contributed by atoms with Crippen LogP contribution in [0.3, 0.4) is 0 Å². The molecule has 0 aliphatic heterocycles. The normalized spacial score (nSPS) is 10.1. The fourth-order valence-corrected chi connectivity index (χ4v) is 1.82. The van der Waals surface area contributed by atoms with E-state index in [1.807, 2.05) is 24.3 Å². The topological polar surface area (TPSA) is 38.3 Å². The molecule has 0 heterocycles. The van der Waals surface area contributed by atoms with Crippen LogP contribution in [-0.2, 0) is 4.79 Å². The van der Waals surface area contributed by atoms with Crippen LogP contribution in [-0.4, -0.2) is 13.0 Å². The average molecular weight is 249 g/mol. The monoisotopic (exact) mass is 249 g/mol. The summed E-state index contributed by atoms with van der Waals surface area (Å²) in [5.41, 5.74) is 0.769. The van der Waals surface area contributed by atoms with Crippen molar-refractivity contribution in [3.63, 3.8) is 0 Å². The number of ether oxygens (including phenoxy) is 1. The molecule has 1 rings (SSSR count). The van der Waals surface area contributed by atoms with Gasteiger partial charge in [0.15, 0.2) is 0 Å². The molecule has 0 aliphatic carbocycles. The summed E-state index contributed by atoms with van der Waals surface area (Å²) in [5.74, 6) is 0.815. The maximum Gasteiger partial charge on any atom is 0.211 e. The smallest absolute Gasteiger partial charge is 0.211 e. The number of anilines is 1. The molecule has 0 atom stereocenters. The number of benzene rings is 1. The molecule has 0 saturated carbocycles. The molecule has 0 aromatic heterocycles. The zero-order chi connectivity index (χ0) is 13.1. The zero-order valence-corrected chi connectivity index (χ0v) is 11.2. The number of unbranched alkanes of at least 4 members (excludes halogenated alkanes) is 5. The number of rotatable bonds is 10. The second-order valence-corrected chi connectivity index (χ2v) is 4.41. The van der Waals surface area contributed by atoms with Gasteiger partial charge in [-0.3, -0.25) is 4.79 Å². The lowest BCUT2D eigenvalue weighted by atomic mass is 10.1. The number of nitrogens with one attached hydrogen (secondary N) is 1. The first-order chi connectivity index (χ1) is 8.86. The molecular weight excluding hydrogens is 226 g/mol. The van der Waals surface area contributed by atoms with Crippen molar-refractivity contribution in [1.82, 2.24) is 0 Å². The van der Waals surface area contributed by atoms with E-state index in [9.17, 15) is 4.79 Å². The van der Waals surface area contributed by atoms with Gasteiger partial charge in [0, 0.05) is 11.8 Å². The molecule has 0 unspecified atom stereocenters. The van der Waals surface area contributed by atoms with Gasteiger partial charge in [-0.25, -0.2) is 0 Å². The molecular formula is C15H23NO2. The van der Waals surface area contributed by atoms with Crippen LogP contribution in [0.15, 0.2) is 24.3 Å². The highest BCUT2D eigenvalue weighted by Gasteiger charge is 1.96. The summed E-state index contributed by atoms with van der Waals surface area (Å²) < 4.78 is 5.64. The van der Waals surface area contributed by atoms with E-state index in [4.69, 9.17) is 4.74 Å². The van der Waals surface area contributed by atoms with Crippen molar-refractivity contribution in [1.29, 1.82) is 0 Å². The lowest BCUT2D eigenvalue weighted by Crippen LogP contribution is -1.99. The summed E-state index contributed by atoms with van der Waals surface area (Å²) >= 11 is 0. The van der Waals surface area contributed by atoms with Crippen molar-refractivity contribution in [3.05, 3.63) is 24.3 Å².